The van der Waals surface area contributed by atoms with Crippen molar-refractivity contribution in [1.29, 1.82) is 0 Å². The van der Waals surface area contributed by atoms with E-state index < -0.39 is 10.2 Å². The first-order valence-electron chi connectivity index (χ1n) is 1.61. The highest BCUT2D eigenvalue weighted by Gasteiger charge is 2.18. The lowest BCUT2D eigenvalue weighted by Crippen LogP contribution is -2.25. The molecule has 7 heavy (non-hydrogen) atoms. The zero-order valence-electron chi connectivity index (χ0n) is 3.47. The van der Waals surface area contributed by atoms with Crippen LogP contribution in [0.2, 0.25) is 0 Å². The first kappa shape index (κ1) is 7.32. The summed E-state index contributed by atoms with van der Waals surface area (Å²) < 4.78 is -1.57. The average molecular weight is 216 g/mol. The Balaban J connectivity index is 3.58. The molecule has 3 nitrogen and oxygen atoms in total. The summed E-state index contributed by atoms with van der Waals surface area (Å²) in [7, 11) is 0. The van der Waals surface area contributed by atoms with Gasteiger partial charge in [0.2, 0.25) is 0 Å². The van der Waals surface area contributed by atoms with E-state index in [0.717, 1.165) is 0 Å². The second kappa shape index (κ2) is 2.58. The van der Waals surface area contributed by atoms with Crippen molar-refractivity contribution in [2.45, 2.75) is 3.61 Å². The minimum absolute atomic E-state index is 0.285. The van der Waals surface area contributed by atoms with E-state index in [1.54, 1.807) is 0 Å². The Bertz CT molecular complexity index is 70.6. The van der Waals surface area contributed by atoms with Gasteiger partial charge in [0.1, 0.15) is 0 Å². The summed E-state index contributed by atoms with van der Waals surface area (Å²) in [6.45, 7) is -0.531. The molecule has 0 aliphatic heterocycles. The van der Waals surface area contributed by atoms with Crippen LogP contribution < -0.4 is 0 Å². The van der Waals surface area contributed by atoms with E-state index in [2.05, 4.69) is 0 Å². The van der Waals surface area contributed by atoms with E-state index in [9.17, 15) is 4.79 Å². The van der Waals surface area contributed by atoms with Crippen molar-refractivity contribution >= 4 is 28.9 Å². The Morgan fingerprint density at radius 3 is 2.29 bits per heavy atom. The fourth-order valence-electron chi connectivity index (χ4n) is 0.0373. The SMILES string of the molecule is O=CC(O)(I)CO. The van der Waals surface area contributed by atoms with Crippen molar-refractivity contribution in [3.8, 4) is 0 Å². The first-order valence-corrected chi connectivity index (χ1v) is 2.69. The van der Waals surface area contributed by atoms with Gasteiger partial charge >= 0.3 is 0 Å². The summed E-state index contributed by atoms with van der Waals surface area (Å²) in [5.41, 5.74) is 0. The summed E-state index contributed by atoms with van der Waals surface area (Å²) in [5.74, 6) is 0. The first-order chi connectivity index (χ1) is 3.12. The molecule has 1 unspecified atom stereocenters. The predicted molar refractivity (Wildman–Crippen MR) is 32.1 cm³/mol. The van der Waals surface area contributed by atoms with Crippen molar-refractivity contribution in [2.75, 3.05) is 6.61 Å². The molecule has 0 radical (unpaired) electrons. The molecule has 4 heteroatoms. The Kier molecular flexibility index (Phi) is 2.70. The quantitative estimate of drug-likeness (QED) is 0.364. The van der Waals surface area contributed by atoms with Gasteiger partial charge in [-0.2, -0.15) is 0 Å². The maximum absolute atomic E-state index is 9.64. The van der Waals surface area contributed by atoms with Gasteiger partial charge in [0.25, 0.3) is 0 Å². The van der Waals surface area contributed by atoms with Crippen LogP contribution in [0.5, 0.6) is 0 Å². The van der Waals surface area contributed by atoms with E-state index in [1.165, 1.54) is 22.6 Å². The smallest absolute Gasteiger partial charge is 0.194 e. The normalized spacial score (nSPS) is 18.1. The fraction of sp³-hybridized carbons (Fsp3) is 0.667. The van der Waals surface area contributed by atoms with E-state index in [1.807, 2.05) is 0 Å². The number of alkyl halides is 1. The fourth-order valence-corrected chi connectivity index (χ4v) is 0.0373. The van der Waals surface area contributed by atoms with E-state index >= 15 is 0 Å². The number of hydrogen-bond acceptors (Lipinski definition) is 3. The summed E-state index contributed by atoms with van der Waals surface area (Å²) in [5, 5.41) is 16.6. The van der Waals surface area contributed by atoms with Gasteiger partial charge in [-0.15, -0.1) is 0 Å². The molecule has 0 aliphatic rings. The minimum Gasteiger partial charge on any atom is -0.392 e. The molecule has 0 heterocycles. The topological polar surface area (TPSA) is 57.5 Å². The lowest BCUT2D eigenvalue weighted by molar-refractivity contribution is -0.117. The highest BCUT2D eigenvalue weighted by Crippen LogP contribution is 2.07. The molecule has 0 fully saturated rings. The highest BCUT2D eigenvalue weighted by molar-refractivity contribution is 14.1. The Morgan fingerprint density at radius 2 is 2.29 bits per heavy atom. The Labute approximate surface area is 54.5 Å². The third-order valence-electron chi connectivity index (χ3n) is 0.402. The van der Waals surface area contributed by atoms with Crippen molar-refractivity contribution in [2.24, 2.45) is 0 Å². The number of aliphatic hydroxyl groups excluding tert-OH is 1. The summed E-state index contributed by atoms with van der Waals surface area (Å²) in [6, 6.07) is 0. The summed E-state index contributed by atoms with van der Waals surface area (Å²) in [6.07, 6.45) is 0.285. The zero-order chi connectivity index (χ0) is 5.91. The van der Waals surface area contributed by atoms with Gasteiger partial charge in [-0.1, -0.05) is 0 Å². The second-order valence-electron chi connectivity index (χ2n) is 1.09. The summed E-state index contributed by atoms with van der Waals surface area (Å²) in [4.78, 5) is 9.64. The third kappa shape index (κ3) is 2.95. The Morgan fingerprint density at radius 1 is 1.86 bits per heavy atom. The maximum Gasteiger partial charge on any atom is 0.194 e. The lowest BCUT2D eigenvalue weighted by atomic mass is 10.4. The van der Waals surface area contributed by atoms with Gasteiger partial charge in [-0.05, 0) is 22.6 Å². The van der Waals surface area contributed by atoms with Gasteiger partial charge in [0.05, 0.1) is 6.61 Å². The van der Waals surface area contributed by atoms with Crippen molar-refractivity contribution in [1.82, 2.24) is 0 Å². The number of rotatable bonds is 2. The minimum atomic E-state index is -1.57. The maximum atomic E-state index is 9.64. The highest BCUT2D eigenvalue weighted by atomic mass is 127. The van der Waals surface area contributed by atoms with Crippen LogP contribution in [0.15, 0.2) is 0 Å². The van der Waals surface area contributed by atoms with Gasteiger partial charge in [0, 0.05) is 0 Å². The average Bonchev–Trinajstić information content (AvgIpc) is 1.68. The molecule has 0 spiro atoms. The van der Waals surface area contributed by atoms with Crippen LogP contribution >= 0.6 is 22.6 Å². The lowest BCUT2D eigenvalue weighted by Gasteiger charge is -2.06. The molecule has 0 aromatic rings. The molecule has 42 valence electrons. The van der Waals surface area contributed by atoms with E-state index in [4.69, 9.17) is 10.2 Å². The van der Waals surface area contributed by atoms with E-state index in [-0.39, 0.29) is 6.29 Å². The van der Waals surface area contributed by atoms with Crippen LogP contribution in [0, 0.1) is 0 Å². The van der Waals surface area contributed by atoms with Gasteiger partial charge in [0.15, 0.2) is 9.89 Å². The second-order valence-corrected chi connectivity index (χ2v) is 2.96. The molecule has 0 saturated carbocycles. The van der Waals surface area contributed by atoms with Gasteiger partial charge < -0.3 is 10.2 Å². The number of halogens is 1. The van der Waals surface area contributed by atoms with Crippen molar-refractivity contribution in [3.05, 3.63) is 0 Å². The number of aldehydes is 1. The monoisotopic (exact) mass is 216 g/mol. The van der Waals surface area contributed by atoms with Crippen molar-refractivity contribution < 1.29 is 15.0 Å². The third-order valence-corrected chi connectivity index (χ3v) is 0.998. The molecule has 0 aliphatic carbocycles. The molecule has 0 aromatic carbocycles. The van der Waals surface area contributed by atoms with Crippen LogP contribution in [-0.4, -0.2) is 26.7 Å². The number of carbonyl (C=O) groups excluding carboxylic acids is 1. The zero-order valence-corrected chi connectivity index (χ0v) is 5.62. The van der Waals surface area contributed by atoms with Crippen LogP contribution in [0.25, 0.3) is 0 Å². The molecular formula is C3H5IO3. The molecule has 0 rings (SSSR count). The molecule has 2 N–H and O–H groups in total. The molecular weight excluding hydrogens is 211 g/mol. The van der Waals surface area contributed by atoms with Crippen LogP contribution in [0.1, 0.15) is 0 Å². The molecule has 0 amide bonds. The summed E-state index contributed by atoms with van der Waals surface area (Å²) >= 11 is 1.44. The number of hydrogen-bond donors (Lipinski definition) is 2. The van der Waals surface area contributed by atoms with E-state index in [0.29, 0.717) is 0 Å². The molecule has 0 saturated heterocycles. The number of aliphatic hydroxyl groups is 2. The van der Waals surface area contributed by atoms with Crippen LogP contribution in [0.4, 0.5) is 0 Å². The van der Waals surface area contributed by atoms with Crippen LogP contribution in [0.3, 0.4) is 0 Å². The molecule has 0 bridgehead atoms. The van der Waals surface area contributed by atoms with Crippen molar-refractivity contribution in [3.63, 3.8) is 0 Å². The molecule has 1 atom stereocenters. The number of carbonyl (C=O) groups is 1. The standard InChI is InChI=1S/C3H5IO3/c4-3(7,1-5)2-6/h1,6-7H,2H2. The van der Waals surface area contributed by atoms with Crippen LogP contribution in [-0.2, 0) is 4.79 Å². The van der Waals surface area contributed by atoms with Gasteiger partial charge in [-0.25, -0.2) is 0 Å². The largest absolute Gasteiger partial charge is 0.392 e. The predicted octanol–water partition coefficient (Wildman–Crippen LogP) is -0.699. The Hall–Kier alpha value is 0.320. The molecule has 0 aromatic heterocycles. The van der Waals surface area contributed by atoms with Gasteiger partial charge in [-0.3, -0.25) is 4.79 Å².